The maximum absolute atomic E-state index is 14.8. The minimum absolute atomic E-state index is 0.159. The SMILES string of the molecule is O=C1CCN(c2cnc(-n3cc4c(n3)-c3cccnc3NC4)c(F)c2)CC1. The number of hydrogen-bond acceptors (Lipinski definition) is 6. The summed E-state index contributed by atoms with van der Waals surface area (Å²) in [6.07, 6.45) is 6.15. The Morgan fingerprint density at radius 3 is 2.85 bits per heavy atom. The molecule has 5 rings (SSSR count). The lowest BCUT2D eigenvalue weighted by atomic mass is 10.1. The smallest absolute Gasteiger partial charge is 0.189 e. The van der Waals surface area contributed by atoms with Crippen LogP contribution in [0.4, 0.5) is 15.9 Å². The molecule has 0 bridgehead atoms. The van der Waals surface area contributed by atoms with Crippen molar-refractivity contribution in [3.8, 4) is 17.1 Å². The van der Waals surface area contributed by atoms with Crippen LogP contribution in [0.15, 0.2) is 36.8 Å². The molecule has 3 aromatic rings. The number of Topliss-reactive ketones (excluding diaryl/α,β-unsaturated/α-hetero) is 1. The molecule has 0 saturated carbocycles. The van der Waals surface area contributed by atoms with E-state index in [2.05, 4.69) is 20.4 Å². The lowest BCUT2D eigenvalue weighted by molar-refractivity contribution is -0.119. The molecule has 1 N–H and O–H groups in total. The first-order valence-electron chi connectivity index (χ1n) is 8.89. The van der Waals surface area contributed by atoms with E-state index in [1.165, 1.54) is 10.7 Å². The van der Waals surface area contributed by atoms with Crippen LogP contribution in [0.1, 0.15) is 18.4 Å². The fourth-order valence-corrected chi connectivity index (χ4v) is 3.57. The van der Waals surface area contributed by atoms with Gasteiger partial charge in [-0.3, -0.25) is 4.79 Å². The number of fused-ring (bicyclic) bond motifs is 3. The molecule has 0 radical (unpaired) electrons. The Labute approximate surface area is 154 Å². The predicted molar refractivity (Wildman–Crippen MR) is 98.3 cm³/mol. The molecule has 136 valence electrons. The molecule has 27 heavy (non-hydrogen) atoms. The number of anilines is 2. The Morgan fingerprint density at radius 2 is 2.04 bits per heavy atom. The Bertz CT molecular complexity index is 1040. The highest BCUT2D eigenvalue weighted by molar-refractivity contribution is 5.81. The molecule has 0 spiro atoms. The summed E-state index contributed by atoms with van der Waals surface area (Å²) < 4.78 is 16.3. The van der Waals surface area contributed by atoms with Gasteiger partial charge < -0.3 is 10.2 Å². The van der Waals surface area contributed by atoms with Crippen molar-refractivity contribution >= 4 is 17.3 Å². The standard InChI is InChI=1S/C19H17FN6O/c20-16-8-13(25-6-3-14(27)4-7-25)10-23-19(16)26-11-12-9-22-18-15(17(12)24-26)2-1-5-21-18/h1-2,5,8,10-11H,3-4,6-7,9H2,(H,21,22). The quantitative estimate of drug-likeness (QED) is 0.753. The van der Waals surface area contributed by atoms with Crippen molar-refractivity contribution in [1.29, 1.82) is 0 Å². The number of nitrogens with zero attached hydrogens (tertiary/aromatic N) is 5. The van der Waals surface area contributed by atoms with Crippen LogP contribution < -0.4 is 10.2 Å². The first-order valence-corrected chi connectivity index (χ1v) is 8.89. The highest BCUT2D eigenvalue weighted by Crippen LogP contribution is 2.33. The van der Waals surface area contributed by atoms with E-state index in [-0.39, 0.29) is 11.6 Å². The van der Waals surface area contributed by atoms with Crippen LogP contribution in [-0.4, -0.2) is 38.6 Å². The Hall–Kier alpha value is -3.29. The van der Waals surface area contributed by atoms with Crippen LogP contribution in [0, 0.1) is 5.82 Å². The first-order chi connectivity index (χ1) is 13.2. The number of ketones is 1. The molecular weight excluding hydrogens is 347 g/mol. The number of aromatic nitrogens is 4. The van der Waals surface area contributed by atoms with E-state index in [4.69, 9.17) is 0 Å². The number of halogens is 1. The number of rotatable bonds is 2. The number of carbonyl (C=O) groups excluding carboxylic acids is 1. The van der Waals surface area contributed by atoms with Gasteiger partial charge in [0.2, 0.25) is 0 Å². The lowest BCUT2D eigenvalue weighted by Crippen LogP contribution is -2.33. The van der Waals surface area contributed by atoms with Crippen LogP contribution in [-0.2, 0) is 11.3 Å². The monoisotopic (exact) mass is 364 g/mol. The van der Waals surface area contributed by atoms with E-state index >= 15 is 0 Å². The largest absolute Gasteiger partial charge is 0.369 e. The van der Waals surface area contributed by atoms with Crippen molar-refractivity contribution < 1.29 is 9.18 Å². The molecule has 5 heterocycles. The highest BCUT2D eigenvalue weighted by Gasteiger charge is 2.23. The van der Waals surface area contributed by atoms with Crippen molar-refractivity contribution in [2.24, 2.45) is 0 Å². The zero-order chi connectivity index (χ0) is 18.4. The highest BCUT2D eigenvalue weighted by atomic mass is 19.1. The average molecular weight is 364 g/mol. The summed E-state index contributed by atoms with van der Waals surface area (Å²) in [4.78, 5) is 22.0. The zero-order valence-electron chi connectivity index (χ0n) is 14.5. The Kier molecular flexibility index (Phi) is 3.63. The minimum atomic E-state index is -0.441. The molecule has 0 aromatic carbocycles. The molecule has 2 aliphatic rings. The van der Waals surface area contributed by atoms with Gasteiger partial charge in [0.1, 0.15) is 17.3 Å². The summed E-state index contributed by atoms with van der Waals surface area (Å²) in [6, 6.07) is 5.26. The molecule has 0 amide bonds. The topological polar surface area (TPSA) is 75.9 Å². The fourth-order valence-electron chi connectivity index (χ4n) is 3.57. The summed E-state index contributed by atoms with van der Waals surface area (Å²) >= 11 is 0. The van der Waals surface area contributed by atoms with Crippen molar-refractivity contribution in [3.05, 3.63) is 48.2 Å². The van der Waals surface area contributed by atoms with Gasteiger partial charge in [0, 0.05) is 62.1 Å². The second-order valence-corrected chi connectivity index (χ2v) is 6.73. The van der Waals surface area contributed by atoms with E-state index in [1.807, 2.05) is 17.0 Å². The van der Waals surface area contributed by atoms with Crippen LogP contribution in [0.2, 0.25) is 0 Å². The second-order valence-electron chi connectivity index (χ2n) is 6.73. The molecule has 1 saturated heterocycles. The summed E-state index contributed by atoms with van der Waals surface area (Å²) in [6.45, 7) is 1.79. The maximum Gasteiger partial charge on any atom is 0.189 e. The number of hydrogen-bond donors (Lipinski definition) is 1. The third-order valence-electron chi connectivity index (χ3n) is 5.01. The van der Waals surface area contributed by atoms with E-state index in [1.54, 1.807) is 18.6 Å². The van der Waals surface area contributed by atoms with Crippen molar-refractivity contribution in [3.63, 3.8) is 0 Å². The summed E-state index contributed by atoms with van der Waals surface area (Å²) in [5.74, 6) is 0.746. The fraction of sp³-hybridized carbons (Fsp3) is 0.263. The van der Waals surface area contributed by atoms with Crippen LogP contribution >= 0.6 is 0 Å². The van der Waals surface area contributed by atoms with Crippen molar-refractivity contribution in [1.82, 2.24) is 19.7 Å². The van der Waals surface area contributed by atoms with Crippen molar-refractivity contribution in [2.45, 2.75) is 19.4 Å². The van der Waals surface area contributed by atoms with Gasteiger partial charge in [-0.1, -0.05) is 0 Å². The van der Waals surface area contributed by atoms with Crippen LogP contribution in [0.25, 0.3) is 17.1 Å². The normalized spacial score (nSPS) is 15.9. The molecule has 7 nitrogen and oxygen atoms in total. The molecule has 0 unspecified atom stereocenters. The third-order valence-corrected chi connectivity index (χ3v) is 5.01. The predicted octanol–water partition coefficient (Wildman–Crippen LogP) is 2.56. The molecular formula is C19H17FN6O. The number of piperidine rings is 1. The van der Waals surface area contributed by atoms with Gasteiger partial charge in [-0.15, -0.1) is 0 Å². The van der Waals surface area contributed by atoms with Gasteiger partial charge in [-0.05, 0) is 12.1 Å². The molecule has 2 aliphatic heterocycles. The zero-order valence-corrected chi connectivity index (χ0v) is 14.5. The second kappa shape index (κ2) is 6.15. The minimum Gasteiger partial charge on any atom is -0.369 e. The van der Waals surface area contributed by atoms with E-state index in [0.717, 1.165) is 22.6 Å². The van der Waals surface area contributed by atoms with E-state index in [9.17, 15) is 9.18 Å². The lowest BCUT2D eigenvalue weighted by Gasteiger charge is -2.27. The maximum atomic E-state index is 14.8. The number of nitrogens with one attached hydrogen (secondary N) is 1. The summed E-state index contributed by atoms with van der Waals surface area (Å²) in [5.41, 5.74) is 3.34. The molecule has 0 atom stereocenters. The van der Waals surface area contributed by atoms with Crippen molar-refractivity contribution in [2.75, 3.05) is 23.3 Å². The Morgan fingerprint density at radius 1 is 1.19 bits per heavy atom. The third kappa shape index (κ3) is 2.73. The van der Waals surface area contributed by atoms with Gasteiger partial charge in [0.05, 0.1) is 11.9 Å². The van der Waals surface area contributed by atoms with Crippen LogP contribution in [0.5, 0.6) is 0 Å². The molecule has 0 aliphatic carbocycles. The van der Waals surface area contributed by atoms with Gasteiger partial charge in [0.25, 0.3) is 0 Å². The average Bonchev–Trinajstić information content (AvgIpc) is 3.13. The van der Waals surface area contributed by atoms with Crippen LogP contribution in [0.3, 0.4) is 0 Å². The van der Waals surface area contributed by atoms with Gasteiger partial charge >= 0.3 is 0 Å². The van der Waals surface area contributed by atoms with Gasteiger partial charge in [-0.2, -0.15) is 5.10 Å². The molecule has 1 fully saturated rings. The van der Waals surface area contributed by atoms with E-state index < -0.39 is 5.82 Å². The van der Waals surface area contributed by atoms with Gasteiger partial charge in [0.15, 0.2) is 11.6 Å². The first kappa shape index (κ1) is 15.9. The summed E-state index contributed by atoms with van der Waals surface area (Å²) in [5, 5.41) is 7.79. The summed E-state index contributed by atoms with van der Waals surface area (Å²) in [7, 11) is 0. The van der Waals surface area contributed by atoms with E-state index in [0.29, 0.717) is 38.2 Å². The molecule has 3 aromatic heterocycles. The number of carbonyl (C=O) groups is 1. The molecule has 8 heteroatoms. The Balaban J connectivity index is 1.48. The van der Waals surface area contributed by atoms with Gasteiger partial charge in [-0.25, -0.2) is 19.0 Å². The number of pyridine rings is 2.